The van der Waals surface area contributed by atoms with Crippen molar-refractivity contribution in [1.82, 2.24) is 4.98 Å². The summed E-state index contributed by atoms with van der Waals surface area (Å²) < 4.78 is 0. The fourth-order valence-corrected chi connectivity index (χ4v) is 2.63. The van der Waals surface area contributed by atoms with Gasteiger partial charge in [-0.25, -0.2) is 4.98 Å². The molecule has 92 valence electrons. The van der Waals surface area contributed by atoms with Gasteiger partial charge in [-0.3, -0.25) is 4.79 Å². The van der Waals surface area contributed by atoms with E-state index in [1.54, 1.807) is 0 Å². The molecule has 0 atom stereocenters. The molecule has 2 aromatic rings. The SMILES string of the molecule is NC(=O)c1cc(C2CC2)ccc1-c1csc(N)n1. The van der Waals surface area contributed by atoms with Gasteiger partial charge in [0.1, 0.15) is 0 Å². The summed E-state index contributed by atoms with van der Waals surface area (Å²) in [6.07, 6.45) is 2.39. The fraction of sp³-hybridized carbons (Fsp3) is 0.231. The minimum absolute atomic E-state index is 0.418. The molecule has 1 aromatic heterocycles. The molecule has 1 fully saturated rings. The second kappa shape index (κ2) is 4.10. The number of thiazole rings is 1. The van der Waals surface area contributed by atoms with E-state index in [1.807, 2.05) is 17.5 Å². The molecule has 0 aliphatic heterocycles. The van der Waals surface area contributed by atoms with Crippen LogP contribution >= 0.6 is 11.3 Å². The predicted molar refractivity (Wildman–Crippen MR) is 72.5 cm³/mol. The van der Waals surface area contributed by atoms with Gasteiger partial charge in [0, 0.05) is 16.5 Å². The number of rotatable bonds is 3. The van der Waals surface area contributed by atoms with E-state index in [2.05, 4.69) is 11.1 Å². The van der Waals surface area contributed by atoms with Crippen LogP contribution in [-0.4, -0.2) is 10.9 Å². The van der Waals surface area contributed by atoms with Crippen molar-refractivity contribution in [2.45, 2.75) is 18.8 Å². The zero-order valence-corrected chi connectivity index (χ0v) is 10.5. The van der Waals surface area contributed by atoms with Crippen LogP contribution in [-0.2, 0) is 0 Å². The molecule has 1 aliphatic rings. The van der Waals surface area contributed by atoms with Crippen LogP contribution in [0.25, 0.3) is 11.3 Å². The lowest BCUT2D eigenvalue weighted by atomic mass is 9.99. The van der Waals surface area contributed by atoms with Crippen LogP contribution in [0, 0.1) is 0 Å². The Kier molecular flexibility index (Phi) is 2.56. The summed E-state index contributed by atoms with van der Waals surface area (Å²) in [6, 6.07) is 5.86. The molecule has 5 heteroatoms. The summed E-state index contributed by atoms with van der Waals surface area (Å²) in [5.41, 5.74) is 14.3. The maximum absolute atomic E-state index is 11.6. The van der Waals surface area contributed by atoms with Crippen molar-refractivity contribution < 1.29 is 4.79 Å². The molecule has 1 heterocycles. The number of hydrogen-bond donors (Lipinski definition) is 2. The van der Waals surface area contributed by atoms with Gasteiger partial charge in [0.2, 0.25) is 5.91 Å². The zero-order valence-electron chi connectivity index (χ0n) is 9.72. The molecule has 1 amide bonds. The van der Waals surface area contributed by atoms with Crippen LogP contribution in [0.4, 0.5) is 5.13 Å². The third-order valence-electron chi connectivity index (χ3n) is 3.16. The summed E-state index contributed by atoms with van der Waals surface area (Å²) in [7, 11) is 0. The number of hydrogen-bond acceptors (Lipinski definition) is 4. The summed E-state index contributed by atoms with van der Waals surface area (Å²) in [5, 5.41) is 2.33. The van der Waals surface area contributed by atoms with Crippen molar-refractivity contribution >= 4 is 22.4 Å². The standard InChI is InChI=1S/C13H13N3OS/c14-12(17)10-5-8(7-1-2-7)3-4-9(10)11-6-18-13(15)16-11/h3-7H,1-2H2,(H2,14,17)(H2,15,16). The van der Waals surface area contributed by atoms with Gasteiger partial charge in [-0.1, -0.05) is 12.1 Å². The quantitative estimate of drug-likeness (QED) is 0.887. The van der Waals surface area contributed by atoms with Crippen LogP contribution in [0.15, 0.2) is 23.6 Å². The summed E-state index contributed by atoms with van der Waals surface area (Å²) in [5.74, 6) is 0.178. The first-order valence-electron chi connectivity index (χ1n) is 5.80. The number of nitrogens with two attached hydrogens (primary N) is 2. The first-order valence-corrected chi connectivity index (χ1v) is 6.68. The number of primary amides is 1. The number of carbonyl (C=O) groups excluding carboxylic acids is 1. The van der Waals surface area contributed by atoms with E-state index in [9.17, 15) is 4.79 Å². The van der Waals surface area contributed by atoms with E-state index >= 15 is 0 Å². The van der Waals surface area contributed by atoms with E-state index < -0.39 is 5.91 Å². The smallest absolute Gasteiger partial charge is 0.249 e. The number of nitrogens with zero attached hydrogens (tertiary/aromatic N) is 1. The molecule has 1 saturated carbocycles. The monoisotopic (exact) mass is 259 g/mol. The molecule has 0 bridgehead atoms. The topological polar surface area (TPSA) is 82.0 Å². The van der Waals surface area contributed by atoms with Crippen LogP contribution in [0.5, 0.6) is 0 Å². The molecule has 3 rings (SSSR count). The predicted octanol–water partition coefficient (Wildman–Crippen LogP) is 2.37. The Bertz CT molecular complexity index is 616. The number of nitrogen functional groups attached to an aromatic ring is 1. The molecule has 0 radical (unpaired) electrons. The minimum Gasteiger partial charge on any atom is -0.375 e. The number of aromatic nitrogens is 1. The second-order valence-corrected chi connectivity index (χ2v) is 5.40. The van der Waals surface area contributed by atoms with Gasteiger partial charge in [-0.2, -0.15) is 0 Å². The third-order valence-corrected chi connectivity index (χ3v) is 3.83. The molecular weight excluding hydrogens is 246 g/mol. The lowest BCUT2D eigenvalue weighted by Gasteiger charge is -2.07. The van der Waals surface area contributed by atoms with Crippen molar-refractivity contribution in [2.75, 3.05) is 5.73 Å². The van der Waals surface area contributed by atoms with Crippen molar-refractivity contribution in [2.24, 2.45) is 5.73 Å². The summed E-state index contributed by atoms with van der Waals surface area (Å²) in [6.45, 7) is 0. The van der Waals surface area contributed by atoms with E-state index in [0.29, 0.717) is 22.3 Å². The number of anilines is 1. The van der Waals surface area contributed by atoms with Crippen molar-refractivity contribution in [3.63, 3.8) is 0 Å². The van der Waals surface area contributed by atoms with E-state index in [-0.39, 0.29) is 0 Å². The highest BCUT2D eigenvalue weighted by Crippen LogP contribution is 2.41. The lowest BCUT2D eigenvalue weighted by molar-refractivity contribution is 0.100. The highest BCUT2D eigenvalue weighted by molar-refractivity contribution is 7.13. The van der Waals surface area contributed by atoms with Gasteiger partial charge in [0.15, 0.2) is 5.13 Å². The zero-order chi connectivity index (χ0) is 12.7. The highest BCUT2D eigenvalue weighted by Gasteiger charge is 2.25. The van der Waals surface area contributed by atoms with Gasteiger partial charge < -0.3 is 11.5 Å². The number of benzene rings is 1. The molecule has 4 N–H and O–H groups in total. The first-order chi connectivity index (χ1) is 8.65. The molecule has 4 nitrogen and oxygen atoms in total. The Hall–Kier alpha value is -1.88. The van der Waals surface area contributed by atoms with Gasteiger partial charge >= 0.3 is 0 Å². The van der Waals surface area contributed by atoms with Crippen molar-refractivity contribution in [3.05, 3.63) is 34.7 Å². The molecule has 1 aromatic carbocycles. The van der Waals surface area contributed by atoms with E-state index in [0.717, 1.165) is 5.56 Å². The lowest BCUT2D eigenvalue weighted by Crippen LogP contribution is -2.13. The molecule has 1 aliphatic carbocycles. The number of carbonyl (C=O) groups is 1. The van der Waals surface area contributed by atoms with Crippen LogP contribution in [0.3, 0.4) is 0 Å². The van der Waals surface area contributed by atoms with Crippen LogP contribution in [0.1, 0.15) is 34.7 Å². The molecule has 18 heavy (non-hydrogen) atoms. The number of amides is 1. The van der Waals surface area contributed by atoms with Crippen molar-refractivity contribution in [1.29, 1.82) is 0 Å². The molecule has 0 spiro atoms. The maximum Gasteiger partial charge on any atom is 0.249 e. The van der Waals surface area contributed by atoms with Crippen LogP contribution in [0.2, 0.25) is 0 Å². The van der Waals surface area contributed by atoms with E-state index in [1.165, 1.54) is 29.7 Å². The largest absolute Gasteiger partial charge is 0.375 e. The molecule has 0 saturated heterocycles. The minimum atomic E-state index is -0.418. The second-order valence-electron chi connectivity index (χ2n) is 4.51. The summed E-state index contributed by atoms with van der Waals surface area (Å²) in [4.78, 5) is 15.8. The summed E-state index contributed by atoms with van der Waals surface area (Å²) >= 11 is 1.36. The van der Waals surface area contributed by atoms with Gasteiger partial charge in [-0.15, -0.1) is 11.3 Å². The maximum atomic E-state index is 11.6. The Morgan fingerprint density at radius 1 is 1.39 bits per heavy atom. The van der Waals surface area contributed by atoms with Crippen LogP contribution < -0.4 is 11.5 Å². The average Bonchev–Trinajstić information content (AvgIpc) is 3.11. The average molecular weight is 259 g/mol. The Labute approximate surface area is 109 Å². The van der Waals surface area contributed by atoms with Gasteiger partial charge in [0.05, 0.1) is 5.69 Å². The normalized spacial score (nSPS) is 14.7. The Morgan fingerprint density at radius 2 is 2.17 bits per heavy atom. The fourth-order valence-electron chi connectivity index (χ4n) is 2.07. The first kappa shape index (κ1) is 11.2. The van der Waals surface area contributed by atoms with Gasteiger partial charge in [-0.05, 0) is 30.4 Å². The third kappa shape index (κ3) is 1.97. The van der Waals surface area contributed by atoms with Crippen molar-refractivity contribution in [3.8, 4) is 11.3 Å². The Balaban J connectivity index is 2.10. The molecule has 0 unspecified atom stereocenters. The highest BCUT2D eigenvalue weighted by atomic mass is 32.1. The van der Waals surface area contributed by atoms with Gasteiger partial charge in [0.25, 0.3) is 0 Å². The van der Waals surface area contributed by atoms with E-state index in [4.69, 9.17) is 11.5 Å². The molecular formula is C13H13N3OS. The Morgan fingerprint density at radius 3 is 2.72 bits per heavy atom.